The number of carboxylic acid groups (broad SMARTS) is 1. The number of hydrogen-bond acceptors (Lipinski definition) is 4. The van der Waals surface area contributed by atoms with Crippen LogP contribution in [0.1, 0.15) is 28.5 Å². The third kappa shape index (κ3) is 4.45. The number of aliphatic carboxylic acids is 1. The van der Waals surface area contributed by atoms with Gasteiger partial charge >= 0.3 is 5.97 Å². The van der Waals surface area contributed by atoms with Crippen molar-refractivity contribution in [2.24, 2.45) is 0 Å². The van der Waals surface area contributed by atoms with Crippen molar-refractivity contribution in [1.29, 1.82) is 0 Å². The SMILES string of the molecule is O=C(O)C[C@H](NC(=O)c1cc(O)n(-c2ccccc2)n1)c1cccc(Cl)c1. The van der Waals surface area contributed by atoms with E-state index in [0.717, 1.165) is 0 Å². The van der Waals surface area contributed by atoms with E-state index in [9.17, 15) is 14.7 Å². The molecule has 0 saturated carbocycles. The second-order valence-electron chi connectivity index (χ2n) is 5.81. The van der Waals surface area contributed by atoms with Crippen LogP contribution in [0.25, 0.3) is 5.69 Å². The molecule has 1 heterocycles. The predicted octanol–water partition coefficient (Wildman–Crippen LogP) is 3.18. The van der Waals surface area contributed by atoms with Gasteiger partial charge in [-0.25, -0.2) is 4.68 Å². The molecule has 1 aromatic heterocycles. The number of nitrogens with one attached hydrogen (secondary N) is 1. The monoisotopic (exact) mass is 385 g/mol. The van der Waals surface area contributed by atoms with Crippen LogP contribution in [0, 0.1) is 0 Å². The maximum Gasteiger partial charge on any atom is 0.305 e. The highest BCUT2D eigenvalue weighted by atomic mass is 35.5. The fourth-order valence-electron chi connectivity index (χ4n) is 2.62. The van der Waals surface area contributed by atoms with Crippen LogP contribution in [0.2, 0.25) is 5.02 Å². The summed E-state index contributed by atoms with van der Waals surface area (Å²) in [6.07, 6.45) is -0.322. The number of carbonyl (C=O) groups excluding carboxylic acids is 1. The number of hydrogen-bond donors (Lipinski definition) is 3. The van der Waals surface area contributed by atoms with E-state index >= 15 is 0 Å². The number of benzene rings is 2. The molecule has 138 valence electrons. The Hall–Kier alpha value is -3.32. The Morgan fingerprint density at radius 1 is 1.11 bits per heavy atom. The van der Waals surface area contributed by atoms with Crippen LogP contribution in [0.5, 0.6) is 5.88 Å². The summed E-state index contributed by atoms with van der Waals surface area (Å²) in [5.41, 5.74) is 1.12. The smallest absolute Gasteiger partial charge is 0.305 e. The van der Waals surface area contributed by atoms with E-state index < -0.39 is 17.9 Å². The molecule has 0 radical (unpaired) electrons. The Bertz CT molecular complexity index is 972. The highest BCUT2D eigenvalue weighted by Gasteiger charge is 2.22. The zero-order valence-electron chi connectivity index (χ0n) is 14.0. The fourth-order valence-corrected chi connectivity index (χ4v) is 2.82. The molecular formula is C19H16ClN3O4. The Morgan fingerprint density at radius 3 is 2.52 bits per heavy atom. The summed E-state index contributed by atoms with van der Waals surface area (Å²) in [7, 11) is 0. The summed E-state index contributed by atoms with van der Waals surface area (Å²) >= 11 is 5.96. The van der Waals surface area contributed by atoms with Gasteiger partial charge in [0.2, 0.25) is 5.88 Å². The van der Waals surface area contributed by atoms with Gasteiger partial charge in [-0.15, -0.1) is 0 Å². The summed E-state index contributed by atoms with van der Waals surface area (Å²) in [5.74, 6) is -1.88. The van der Waals surface area contributed by atoms with Gasteiger partial charge in [-0.3, -0.25) is 9.59 Å². The Morgan fingerprint density at radius 2 is 1.85 bits per heavy atom. The minimum absolute atomic E-state index is 0.0335. The zero-order chi connectivity index (χ0) is 19.4. The van der Waals surface area contributed by atoms with Crippen molar-refractivity contribution in [2.75, 3.05) is 0 Å². The van der Waals surface area contributed by atoms with Crippen molar-refractivity contribution < 1.29 is 19.8 Å². The number of aromatic hydroxyl groups is 1. The van der Waals surface area contributed by atoms with Crippen molar-refractivity contribution in [3.05, 3.63) is 76.9 Å². The van der Waals surface area contributed by atoms with Gasteiger partial charge in [0, 0.05) is 11.1 Å². The molecule has 3 rings (SSSR count). The standard InChI is InChI=1S/C19H16ClN3O4/c20-13-6-4-5-12(9-13)15(11-18(25)26)21-19(27)16-10-17(24)23(22-16)14-7-2-1-3-8-14/h1-10,15,24H,11H2,(H,21,27)(H,25,26)/t15-/m0/s1. The molecule has 1 atom stereocenters. The van der Waals surface area contributed by atoms with Crippen molar-refractivity contribution >= 4 is 23.5 Å². The van der Waals surface area contributed by atoms with E-state index in [-0.39, 0.29) is 18.0 Å². The topological polar surface area (TPSA) is 104 Å². The molecule has 0 aliphatic carbocycles. The van der Waals surface area contributed by atoms with Gasteiger partial charge in [0.05, 0.1) is 18.2 Å². The first-order valence-electron chi connectivity index (χ1n) is 8.06. The third-order valence-corrected chi connectivity index (χ3v) is 4.09. The number of aromatic nitrogens is 2. The Balaban J connectivity index is 1.85. The molecule has 0 unspecified atom stereocenters. The van der Waals surface area contributed by atoms with Gasteiger partial charge in [-0.05, 0) is 29.8 Å². The van der Waals surface area contributed by atoms with Crippen LogP contribution in [-0.4, -0.2) is 31.9 Å². The molecule has 0 aliphatic rings. The molecule has 0 saturated heterocycles. The molecule has 8 heteroatoms. The average molecular weight is 386 g/mol. The Labute approximate surface area is 159 Å². The summed E-state index contributed by atoms with van der Waals surface area (Å²) in [6.45, 7) is 0. The number of amides is 1. The van der Waals surface area contributed by atoms with E-state index in [4.69, 9.17) is 16.7 Å². The van der Waals surface area contributed by atoms with Gasteiger partial charge in [-0.2, -0.15) is 5.10 Å². The zero-order valence-corrected chi connectivity index (χ0v) is 14.8. The largest absolute Gasteiger partial charge is 0.493 e. The highest BCUT2D eigenvalue weighted by molar-refractivity contribution is 6.30. The van der Waals surface area contributed by atoms with E-state index in [1.807, 2.05) is 6.07 Å². The molecule has 0 bridgehead atoms. The Kier molecular flexibility index (Phi) is 5.42. The van der Waals surface area contributed by atoms with Crippen LogP contribution in [-0.2, 0) is 4.79 Å². The molecule has 3 N–H and O–H groups in total. The molecular weight excluding hydrogens is 370 g/mol. The fraction of sp³-hybridized carbons (Fsp3) is 0.105. The summed E-state index contributed by atoms with van der Waals surface area (Å²) in [4.78, 5) is 23.8. The minimum Gasteiger partial charge on any atom is -0.493 e. The van der Waals surface area contributed by atoms with Gasteiger partial charge in [0.25, 0.3) is 5.91 Å². The van der Waals surface area contributed by atoms with E-state index in [1.165, 1.54) is 10.7 Å². The second-order valence-corrected chi connectivity index (χ2v) is 6.25. The number of carboxylic acids is 1. The van der Waals surface area contributed by atoms with Crippen molar-refractivity contribution in [3.63, 3.8) is 0 Å². The van der Waals surface area contributed by atoms with Crippen molar-refractivity contribution in [1.82, 2.24) is 15.1 Å². The molecule has 7 nitrogen and oxygen atoms in total. The van der Waals surface area contributed by atoms with Crippen LogP contribution < -0.4 is 5.32 Å². The second kappa shape index (κ2) is 7.92. The first kappa shape index (κ1) is 18.5. The summed E-state index contributed by atoms with van der Waals surface area (Å²) in [6, 6.07) is 15.9. The minimum atomic E-state index is -1.07. The van der Waals surface area contributed by atoms with Crippen LogP contribution in [0.3, 0.4) is 0 Å². The highest BCUT2D eigenvalue weighted by Crippen LogP contribution is 2.22. The molecule has 0 fully saturated rings. The van der Waals surface area contributed by atoms with E-state index in [0.29, 0.717) is 16.3 Å². The molecule has 0 spiro atoms. The van der Waals surface area contributed by atoms with Crippen LogP contribution in [0.4, 0.5) is 0 Å². The molecule has 0 aliphatic heterocycles. The lowest BCUT2D eigenvalue weighted by Gasteiger charge is -2.17. The quantitative estimate of drug-likeness (QED) is 0.604. The average Bonchev–Trinajstić information content (AvgIpc) is 3.03. The van der Waals surface area contributed by atoms with Gasteiger partial charge in [-0.1, -0.05) is 41.9 Å². The summed E-state index contributed by atoms with van der Waals surface area (Å²) < 4.78 is 1.22. The third-order valence-electron chi connectivity index (χ3n) is 3.86. The number of halogens is 1. The van der Waals surface area contributed by atoms with Gasteiger partial charge in [0.15, 0.2) is 5.69 Å². The number of rotatable bonds is 6. The maximum absolute atomic E-state index is 12.6. The number of carbonyl (C=O) groups is 2. The molecule has 1 amide bonds. The van der Waals surface area contributed by atoms with Crippen LogP contribution >= 0.6 is 11.6 Å². The van der Waals surface area contributed by atoms with Crippen molar-refractivity contribution in [2.45, 2.75) is 12.5 Å². The molecule has 3 aromatic rings. The number of nitrogens with zero attached hydrogens (tertiary/aromatic N) is 2. The lowest BCUT2D eigenvalue weighted by molar-refractivity contribution is -0.137. The first-order chi connectivity index (χ1) is 12.9. The lowest BCUT2D eigenvalue weighted by Crippen LogP contribution is -2.30. The number of para-hydroxylation sites is 1. The van der Waals surface area contributed by atoms with E-state index in [1.54, 1.807) is 48.5 Å². The van der Waals surface area contributed by atoms with Gasteiger partial charge < -0.3 is 15.5 Å². The molecule has 27 heavy (non-hydrogen) atoms. The lowest BCUT2D eigenvalue weighted by atomic mass is 10.0. The maximum atomic E-state index is 12.6. The van der Waals surface area contributed by atoms with Crippen LogP contribution in [0.15, 0.2) is 60.7 Å². The van der Waals surface area contributed by atoms with E-state index in [2.05, 4.69) is 10.4 Å². The van der Waals surface area contributed by atoms with Crippen molar-refractivity contribution in [3.8, 4) is 11.6 Å². The molecule has 2 aromatic carbocycles. The first-order valence-corrected chi connectivity index (χ1v) is 8.44. The summed E-state index contributed by atoms with van der Waals surface area (Å²) in [5, 5.41) is 26.4. The normalized spacial score (nSPS) is 11.7. The van der Waals surface area contributed by atoms with Gasteiger partial charge in [0.1, 0.15) is 0 Å². The predicted molar refractivity (Wildman–Crippen MR) is 99.1 cm³/mol.